The summed E-state index contributed by atoms with van der Waals surface area (Å²) in [5.74, 6) is -0.789. The van der Waals surface area contributed by atoms with Gasteiger partial charge < -0.3 is 14.8 Å². The molecule has 0 aromatic carbocycles. The predicted octanol–water partition coefficient (Wildman–Crippen LogP) is 3.24. The molecule has 0 aromatic rings. The summed E-state index contributed by atoms with van der Waals surface area (Å²) in [6.45, 7) is 7.92. The Morgan fingerprint density at radius 1 is 1.04 bits per heavy atom. The molecular weight excluding hydrogens is 306 g/mol. The first-order valence-corrected chi connectivity index (χ1v) is 8.69. The molecule has 1 aliphatic heterocycles. The van der Waals surface area contributed by atoms with Crippen molar-refractivity contribution in [2.24, 2.45) is 11.8 Å². The summed E-state index contributed by atoms with van der Waals surface area (Å²) < 4.78 is 10.5. The van der Waals surface area contributed by atoms with Crippen LogP contribution in [-0.2, 0) is 19.1 Å². The molecule has 1 unspecified atom stereocenters. The Labute approximate surface area is 143 Å². The second-order valence-electron chi connectivity index (χ2n) is 6.17. The van der Waals surface area contributed by atoms with Crippen LogP contribution >= 0.6 is 0 Å². The first kappa shape index (κ1) is 18.3. The molecule has 0 spiro atoms. The number of hydrogen-bond acceptors (Lipinski definition) is 5. The summed E-state index contributed by atoms with van der Waals surface area (Å²) in [5, 5.41) is 3.17. The molecule has 5 heteroatoms. The lowest BCUT2D eigenvalue weighted by Gasteiger charge is -2.35. The van der Waals surface area contributed by atoms with Gasteiger partial charge in [0.05, 0.1) is 24.4 Å². The highest BCUT2D eigenvalue weighted by Gasteiger charge is 2.41. The van der Waals surface area contributed by atoms with Gasteiger partial charge in [-0.3, -0.25) is 0 Å². The first-order valence-electron chi connectivity index (χ1n) is 8.69. The Kier molecular flexibility index (Phi) is 6.23. The van der Waals surface area contributed by atoms with Gasteiger partial charge in [-0.25, -0.2) is 9.59 Å². The molecule has 1 N–H and O–H groups in total. The van der Waals surface area contributed by atoms with Crippen LogP contribution < -0.4 is 5.32 Å². The summed E-state index contributed by atoms with van der Waals surface area (Å²) in [6, 6.07) is 0. The molecule has 2 aliphatic rings. The van der Waals surface area contributed by atoms with Gasteiger partial charge in [0.2, 0.25) is 0 Å². The van der Waals surface area contributed by atoms with Crippen molar-refractivity contribution in [1.29, 1.82) is 0 Å². The number of nitrogens with one attached hydrogen (secondary N) is 1. The number of esters is 2. The van der Waals surface area contributed by atoms with E-state index in [1.54, 1.807) is 13.8 Å². The Hall–Kier alpha value is -2.04. The summed E-state index contributed by atoms with van der Waals surface area (Å²) in [5.41, 5.74) is 2.65. The fourth-order valence-corrected chi connectivity index (χ4v) is 3.60. The molecule has 0 amide bonds. The van der Waals surface area contributed by atoms with Gasteiger partial charge in [-0.2, -0.15) is 0 Å². The molecule has 2 rings (SSSR count). The van der Waals surface area contributed by atoms with Gasteiger partial charge in [-0.15, -0.1) is 0 Å². The molecule has 1 aliphatic carbocycles. The quantitative estimate of drug-likeness (QED) is 0.618. The van der Waals surface area contributed by atoms with Crippen LogP contribution in [0.2, 0.25) is 0 Å². The molecule has 0 fully saturated rings. The fourth-order valence-electron chi connectivity index (χ4n) is 3.60. The molecule has 1 heterocycles. The van der Waals surface area contributed by atoms with E-state index in [9.17, 15) is 9.59 Å². The number of dihydropyridines is 1. The highest BCUT2D eigenvalue weighted by molar-refractivity contribution is 5.97. The minimum absolute atomic E-state index is 0.195. The number of hydrogen-bond donors (Lipinski definition) is 1. The second-order valence-corrected chi connectivity index (χ2v) is 6.17. The van der Waals surface area contributed by atoms with Gasteiger partial charge in [-0.05, 0) is 52.9 Å². The van der Waals surface area contributed by atoms with Crippen molar-refractivity contribution in [2.45, 2.75) is 47.0 Å². The van der Waals surface area contributed by atoms with Gasteiger partial charge in [0.15, 0.2) is 0 Å². The van der Waals surface area contributed by atoms with E-state index in [1.165, 1.54) is 0 Å². The van der Waals surface area contributed by atoms with Gasteiger partial charge in [0.25, 0.3) is 0 Å². The van der Waals surface area contributed by atoms with Crippen LogP contribution in [0.25, 0.3) is 0 Å². The van der Waals surface area contributed by atoms with Crippen molar-refractivity contribution >= 4 is 11.9 Å². The van der Waals surface area contributed by atoms with Crippen LogP contribution in [0.5, 0.6) is 0 Å². The third-order valence-corrected chi connectivity index (χ3v) is 4.58. The van der Waals surface area contributed by atoms with E-state index in [-0.39, 0.29) is 23.8 Å². The van der Waals surface area contributed by atoms with Crippen molar-refractivity contribution < 1.29 is 19.1 Å². The summed E-state index contributed by atoms with van der Waals surface area (Å²) >= 11 is 0. The summed E-state index contributed by atoms with van der Waals surface area (Å²) in [4.78, 5) is 25.2. The molecule has 132 valence electrons. The maximum atomic E-state index is 12.6. The third-order valence-electron chi connectivity index (χ3n) is 4.58. The fraction of sp³-hybridized carbons (Fsp3) is 0.579. The van der Waals surface area contributed by atoms with Crippen LogP contribution in [0, 0.1) is 11.8 Å². The Morgan fingerprint density at radius 3 is 2.00 bits per heavy atom. The van der Waals surface area contributed by atoms with Crippen molar-refractivity contribution in [3.05, 3.63) is 34.7 Å². The van der Waals surface area contributed by atoms with E-state index in [4.69, 9.17) is 9.47 Å². The maximum absolute atomic E-state index is 12.6. The molecule has 0 saturated carbocycles. The highest BCUT2D eigenvalue weighted by atomic mass is 16.5. The molecule has 5 nitrogen and oxygen atoms in total. The van der Waals surface area contributed by atoms with Gasteiger partial charge in [-0.1, -0.05) is 12.2 Å². The van der Waals surface area contributed by atoms with E-state index >= 15 is 0 Å². The Bertz CT molecular complexity index is 560. The maximum Gasteiger partial charge on any atom is 0.336 e. The average molecular weight is 333 g/mol. The van der Waals surface area contributed by atoms with Crippen LogP contribution in [0.1, 0.15) is 47.0 Å². The Balaban J connectivity index is 2.48. The topological polar surface area (TPSA) is 64.6 Å². The van der Waals surface area contributed by atoms with Crippen LogP contribution in [0.15, 0.2) is 34.7 Å². The third kappa shape index (κ3) is 3.71. The van der Waals surface area contributed by atoms with E-state index in [2.05, 4.69) is 17.5 Å². The summed E-state index contributed by atoms with van der Waals surface area (Å²) in [6.07, 6.45) is 7.02. The van der Waals surface area contributed by atoms with E-state index in [0.29, 0.717) is 24.4 Å². The van der Waals surface area contributed by atoms with Gasteiger partial charge in [0.1, 0.15) is 0 Å². The van der Waals surface area contributed by atoms with Crippen molar-refractivity contribution in [3.63, 3.8) is 0 Å². The number of ether oxygens (including phenoxy) is 2. The minimum Gasteiger partial charge on any atom is -0.463 e. The number of rotatable bonds is 5. The Morgan fingerprint density at radius 2 is 1.58 bits per heavy atom. The smallest absolute Gasteiger partial charge is 0.336 e. The molecule has 1 atom stereocenters. The average Bonchev–Trinajstić information content (AvgIpc) is 2.55. The molecular formula is C19H27NO4. The highest BCUT2D eigenvalue weighted by Crippen LogP contribution is 2.41. The number of allylic oxidation sites excluding steroid dienone is 4. The molecule has 0 aromatic heterocycles. The molecule has 0 radical (unpaired) electrons. The van der Waals surface area contributed by atoms with E-state index in [0.717, 1.165) is 30.7 Å². The zero-order chi connectivity index (χ0) is 17.7. The lowest BCUT2D eigenvalue weighted by atomic mass is 9.72. The van der Waals surface area contributed by atoms with Crippen molar-refractivity contribution in [2.75, 3.05) is 13.2 Å². The minimum atomic E-state index is -0.351. The predicted molar refractivity (Wildman–Crippen MR) is 91.8 cm³/mol. The molecule has 24 heavy (non-hydrogen) atoms. The van der Waals surface area contributed by atoms with Crippen LogP contribution in [0.3, 0.4) is 0 Å². The number of carbonyl (C=O) groups excluding carboxylic acids is 2. The normalized spacial score (nSPS) is 21.6. The number of carbonyl (C=O) groups is 2. The molecule has 0 saturated heterocycles. The van der Waals surface area contributed by atoms with Crippen LogP contribution in [0.4, 0.5) is 0 Å². The van der Waals surface area contributed by atoms with Gasteiger partial charge >= 0.3 is 11.9 Å². The zero-order valence-electron chi connectivity index (χ0n) is 15.0. The lowest BCUT2D eigenvalue weighted by molar-refractivity contribution is -0.140. The lowest BCUT2D eigenvalue weighted by Crippen LogP contribution is -2.37. The van der Waals surface area contributed by atoms with E-state index < -0.39 is 0 Å². The second kappa shape index (κ2) is 8.18. The first-order chi connectivity index (χ1) is 11.5. The van der Waals surface area contributed by atoms with Gasteiger partial charge in [0, 0.05) is 17.3 Å². The monoisotopic (exact) mass is 333 g/mol. The zero-order valence-corrected chi connectivity index (χ0v) is 15.0. The molecule has 0 bridgehead atoms. The van der Waals surface area contributed by atoms with Crippen molar-refractivity contribution in [1.82, 2.24) is 5.32 Å². The van der Waals surface area contributed by atoms with Crippen LogP contribution in [-0.4, -0.2) is 25.2 Å². The standard InChI is InChI=1S/C19H27NO4/c1-5-23-18(21)15-12(3)20-13(4)16(19(22)24-6-2)17(15)14-10-8-7-9-11-14/h7-8,14,17,20H,5-6,9-11H2,1-4H3. The van der Waals surface area contributed by atoms with Crippen molar-refractivity contribution in [3.8, 4) is 0 Å². The van der Waals surface area contributed by atoms with E-state index in [1.807, 2.05) is 13.8 Å². The summed E-state index contributed by atoms with van der Waals surface area (Å²) in [7, 11) is 0. The largest absolute Gasteiger partial charge is 0.463 e. The SMILES string of the molecule is CCOC(=O)C1=C(C)NC(C)=C(C(=O)OCC)C1C1CC=CCC1.